The Labute approximate surface area is 260 Å². The van der Waals surface area contributed by atoms with Crippen molar-refractivity contribution < 1.29 is 23.0 Å². The number of benzene rings is 1. The van der Waals surface area contributed by atoms with Crippen molar-refractivity contribution in [3.8, 4) is 17.2 Å². The number of ether oxygens (including phenoxy) is 2. The van der Waals surface area contributed by atoms with Gasteiger partial charge in [-0.05, 0) is 59.6 Å². The van der Waals surface area contributed by atoms with Gasteiger partial charge in [0.25, 0.3) is 0 Å². The Morgan fingerprint density at radius 2 is 1.84 bits per heavy atom. The number of likely N-dealkylation sites (tertiary alicyclic amines) is 1. The first-order valence-electron chi connectivity index (χ1n) is 15.3. The molecule has 1 amide bonds. The van der Waals surface area contributed by atoms with Crippen molar-refractivity contribution in [1.29, 1.82) is 0 Å². The molecule has 2 aliphatic heterocycles. The quantitative estimate of drug-likeness (QED) is 0.324. The van der Waals surface area contributed by atoms with E-state index in [0.29, 0.717) is 79.9 Å². The minimum absolute atomic E-state index is 0.0237. The molecule has 2 aliphatic rings. The number of halogens is 2. The van der Waals surface area contributed by atoms with Crippen LogP contribution in [0.2, 0.25) is 0 Å². The molecule has 0 bridgehead atoms. The van der Waals surface area contributed by atoms with E-state index in [1.807, 2.05) is 27.7 Å². The van der Waals surface area contributed by atoms with Crippen LogP contribution in [0.3, 0.4) is 0 Å². The molecule has 1 atom stereocenters. The van der Waals surface area contributed by atoms with Crippen molar-refractivity contribution in [2.24, 2.45) is 0 Å². The minimum Gasteiger partial charge on any atom is -0.444 e. The fourth-order valence-electron chi connectivity index (χ4n) is 5.96. The van der Waals surface area contributed by atoms with Gasteiger partial charge in [0.15, 0.2) is 0 Å². The van der Waals surface area contributed by atoms with Crippen LogP contribution in [0.4, 0.5) is 25.3 Å². The lowest BCUT2D eigenvalue weighted by atomic mass is 10.1. The number of aryl methyl sites for hydroxylation is 1. The highest BCUT2D eigenvalue weighted by Gasteiger charge is 2.32. The van der Waals surface area contributed by atoms with Crippen LogP contribution in [-0.4, -0.2) is 91.8 Å². The summed E-state index contributed by atoms with van der Waals surface area (Å²) in [6.45, 7) is 11.8. The summed E-state index contributed by atoms with van der Waals surface area (Å²) in [7, 11) is 1.71. The summed E-state index contributed by atoms with van der Waals surface area (Å²) in [5.74, 6) is 0.374. The standard InChI is InChI=1S/C31H39F2N9O3/c1-18-17-44-14-13-40(18)25-16-23(36-29(37-25)41-24-8-7-20(32)15-22(24)35-28(41)34-6)26-19(2)38-42(27(26)33)21-9-11-39(12-10-21)30(43)45-31(3,4)5/h7-8,15-16,18,21H,9-14,17H2,1-6H3,(H,34,35)/t18-/m1/s1. The summed E-state index contributed by atoms with van der Waals surface area (Å²) in [5.41, 5.74) is 1.57. The highest BCUT2D eigenvalue weighted by molar-refractivity contribution is 5.81. The Kier molecular flexibility index (Phi) is 8.10. The smallest absolute Gasteiger partial charge is 0.410 e. The van der Waals surface area contributed by atoms with Crippen molar-refractivity contribution in [2.45, 2.75) is 65.1 Å². The van der Waals surface area contributed by atoms with Crippen molar-refractivity contribution >= 4 is 28.9 Å². The molecule has 1 N–H and O–H groups in total. The number of rotatable bonds is 5. The first-order valence-corrected chi connectivity index (χ1v) is 15.3. The van der Waals surface area contributed by atoms with E-state index >= 15 is 4.39 Å². The fraction of sp³-hybridized carbons (Fsp3) is 0.516. The summed E-state index contributed by atoms with van der Waals surface area (Å²) in [6.07, 6.45) is 0.699. The maximum Gasteiger partial charge on any atom is 0.410 e. The number of piperidine rings is 1. The number of hydrogen-bond donors (Lipinski definition) is 1. The molecule has 0 aliphatic carbocycles. The zero-order valence-corrected chi connectivity index (χ0v) is 26.5. The average Bonchev–Trinajstić information content (AvgIpc) is 3.51. The predicted molar refractivity (Wildman–Crippen MR) is 166 cm³/mol. The number of hydrogen-bond acceptors (Lipinski definition) is 9. The van der Waals surface area contributed by atoms with Gasteiger partial charge < -0.3 is 24.6 Å². The van der Waals surface area contributed by atoms with Gasteiger partial charge in [-0.25, -0.2) is 28.4 Å². The molecule has 0 unspecified atom stereocenters. The summed E-state index contributed by atoms with van der Waals surface area (Å²) >= 11 is 0. The molecule has 1 aromatic carbocycles. The van der Waals surface area contributed by atoms with E-state index < -0.39 is 17.4 Å². The summed E-state index contributed by atoms with van der Waals surface area (Å²) < 4.78 is 44.8. The number of aromatic nitrogens is 6. The third-order valence-corrected chi connectivity index (χ3v) is 8.15. The first kappa shape index (κ1) is 30.7. The van der Waals surface area contributed by atoms with E-state index in [9.17, 15) is 9.18 Å². The van der Waals surface area contributed by atoms with Crippen molar-refractivity contribution in [3.05, 3.63) is 41.7 Å². The molecule has 4 aromatic rings. The van der Waals surface area contributed by atoms with E-state index in [1.165, 1.54) is 16.8 Å². The van der Waals surface area contributed by atoms with Crippen LogP contribution in [0, 0.1) is 18.7 Å². The monoisotopic (exact) mass is 623 g/mol. The van der Waals surface area contributed by atoms with Crippen molar-refractivity contribution in [2.75, 3.05) is 50.1 Å². The number of carbonyl (C=O) groups excluding carboxylic acids is 1. The summed E-state index contributed by atoms with van der Waals surface area (Å²) in [6, 6.07) is 5.90. The fourth-order valence-corrected chi connectivity index (χ4v) is 5.96. The molecule has 0 saturated carbocycles. The normalized spacial score (nSPS) is 18.1. The topological polar surface area (TPSA) is 115 Å². The molecule has 6 rings (SSSR count). The van der Waals surface area contributed by atoms with Gasteiger partial charge in [0.2, 0.25) is 17.8 Å². The van der Waals surface area contributed by atoms with E-state index in [0.717, 1.165) is 0 Å². The van der Waals surface area contributed by atoms with Crippen LogP contribution in [0.15, 0.2) is 24.3 Å². The van der Waals surface area contributed by atoms with Gasteiger partial charge in [-0.2, -0.15) is 14.5 Å². The number of morpholine rings is 1. The third-order valence-electron chi connectivity index (χ3n) is 8.15. The highest BCUT2D eigenvalue weighted by Crippen LogP contribution is 2.34. The van der Waals surface area contributed by atoms with E-state index in [2.05, 4.69) is 20.3 Å². The maximum atomic E-state index is 16.4. The van der Waals surface area contributed by atoms with Crippen molar-refractivity contribution in [3.63, 3.8) is 0 Å². The van der Waals surface area contributed by atoms with Gasteiger partial charge in [-0.3, -0.25) is 0 Å². The van der Waals surface area contributed by atoms with Gasteiger partial charge in [-0.1, -0.05) is 0 Å². The van der Waals surface area contributed by atoms with Crippen LogP contribution in [0.1, 0.15) is 52.3 Å². The zero-order valence-electron chi connectivity index (χ0n) is 26.5. The van der Waals surface area contributed by atoms with Crippen LogP contribution in [-0.2, 0) is 9.47 Å². The second-order valence-electron chi connectivity index (χ2n) is 12.6. The molecule has 0 radical (unpaired) electrons. The number of nitrogens with one attached hydrogen (secondary N) is 1. The number of fused-ring (bicyclic) bond motifs is 1. The Morgan fingerprint density at radius 3 is 2.53 bits per heavy atom. The molecule has 5 heterocycles. The van der Waals surface area contributed by atoms with Gasteiger partial charge in [-0.15, -0.1) is 0 Å². The predicted octanol–water partition coefficient (Wildman–Crippen LogP) is 5.10. The Balaban J connectivity index is 1.40. The van der Waals surface area contributed by atoms with Crippen LogP contribution < -0.4 is 10.2 Å². The average molecular weight is 624 g/mol. The van der Waals surface area contributed by atoms with Crippen molar-refractivity contribution in [1.82, 2.24) is 34.2 Å². The minimum atomic E-state index is -0.588. The van der Waals surface area contributed by atoms with E-state index in [1.54, 1.807) is 35.6 Å². The summed E-state index contributed by atoms with van der Waals surface area (Å²) in [4.78, 5) is 30.6. The molecule has 0 spiro atoms. The summed E-state index contributed by atoms with van der Waals surface area (Å²) in [5, 5.41) is 7.67. The van der Waals surface area contributed by atoms with Gasteiger partial charge >= 0.3 is 6.09 Å². The lowest BCUT2D eigenvalue weighted by Gasteiger charge is -2.34. The molecular formula is C31H39F2N9O3. The zero-order chi connectivity index (χ0) is 32.0. The molecule has 12 nitrogen and oxygen atoms in total. The third kappa shape index (κ3) is 6.02. The van der Waals surface area contributed by atoms with Gasteiger partial charge in [0, 0.05) is 38.8 Å². The Hall–Kier alpha value is -4.33. The molecule has 240 valence electrons. The number of nitrogens with zero attached hydrogens (tertiary/aromatic N) is 8. The molecule has 14 heteroatoms. The molecule has 3 aromatic heterocycles. The molecular weight excluding hydrogens is 584 g/mol. The van der Waals surface area contributed by atoms with Crippen LogP contribution in [0.25, 0.3) is 28.2 Å². The van der Waals surface area contributed by atoms with Crippen LogP contribution >= 0.6 is 0 Å². The molecule has 2 saturated heterocycles. The highest BCUT2D eigenvalue weighted by atomic mass is 19.1. The lowest BCUT2D eigenvalue weighted by molar-refractivity contribution is 0.0181. The molecule has 2 fully saturated rings. The number of imidazole rings is 1. The largest absolute Gasteiger partial charge is 0.444 e. The first-order chi connectivity index (χ1) is 21.4. The number of anilines is 2. The second kappa shape index (κ2) is 11.9. The Bertz CT molecular complexity index is 1720. The SMILES string of the molecule is CNc1nc2cc(F)ccc2n1-c1nc(-c2c(C)nn(C3CCN(C(=O)OC(C)(C)C)CC3)c2F)cc(N2CCOC[C@H]2C)n1. The maximum absolute atomic E-state index is 16.4. The van der Waals surface area contributed by atoms with E-state index in [-0.39, 0.29) is 29.7 Å². The Morgan fingerprint density at radius 1 is 1.09 bits per heavy atom. The number of amides is 1. The molecule has 45 heavy (non-hydrogen) atoms. The second-order valence-corrected chi connectivity index (χ2v) is 12.6. The van der Waals surface area contributed by atoms with Crippen LogP contribution in [0.5, 0.6) is 0 Å². The van der Waals surface area contributed by atoms with E-state index in [4.69, 9.17) is 19.4 Å². The van der Waals surface area contributed by atoms with Gasteiger partial charge in [0.05, 0.1) is 53.3 Å². The lowest BCUT2D eigenvalue weighted by Crippen LogP contribution is -2.44. The van der Waals surface area contributed by atoms with Gasteiger partial charge in [0.1, 0.15) is 17.2 Å². The number of carbonyl (C=O) groups is 1.